The Kier molecular flexibility index (Phi) is 2.59. The summed E-state index contributed by atoms with van der Waals surface area (Å²) in [6, 6.07) is 8.02. The van der Waals surface area contributed by atoms with Gasteiger partial charge in [-0.1, -0.05) is 6.42 Å². The highest BCUT2D eigenvalue weighted by Gasteiger charge is 2.38. The maximum absolute atomic E-state index is 11.1. The number of aromatic amines is 1. The SMILES string of the molecule is CN(CC1(C#N)CCC1)c1ccc2[nH]c(=O)oc2c1. The van der Waals surface area contributed by atoms with Gasteiger partial charge in [-0.15, -0.1) is 0 Å². The number of hydrogen-bond donors (Lipinski definition) is 1. The molecular formula is C14H15N3O2. The Hall–Kier alpha value is -2.22. The van der Waals surface area contributed by atoms with Crippen molar-refractivity contribution >= 4 is 16.8 Å². The third-order valence-electron chi connectivity index (χ3n) is 3.93. The van der Waals surface area contributed by atoms with E-state index in [9.17, 15) is 10.1 Å². The maximum atomic E-state index is 11.1. The number of H-pyrrole nitrogens is 1. The lowest BCUT2D eigenvalue weighted by Crippen LogP contribution is -2.39. The van der Waals surface area contributed by atoms with E-state index in [-0.39, 0.29) is 5.41 Å². The van der Waals surface area contributed by atoms with Gasteiger partial charge in [0.25, 0.3) is 0 Å². The molecule has 0 radical (unpaired) electrons. The van der Waals surface area contributed by atoms with Crippen LogP contribution in [0.15, 0.2) is 27.4 Å². The molecule has 0 amide bonds. The highest BCUT2D eigenvalue weighted by molar-refractivity contribution is 5.77. The van der Waals surface area contributed by atoms with Crippen LogP contribution in [0.25, 0.3) is 11.1 Å². The maximum Gasteiger partial charge on any atom is 0.417 e. The zero-order valence-electron chi connectivity index (χ0n) is 10.8. The fourth-order valence-corrected chi connectivity index (χ4v) is 2.63. The van der Waals surface area contributed by atoms with E-state index in [1.807, 2.05) is 25.2 Å². The van der Waals surface area contributed by atoms with Gasteiger partial charge in [0.1, 0.15) is 0 Å². The highest BCUT2D eigenvalue weighted by atomic mass is 16.4. The largest absolute Gasteiger partial charge is 0.417 e. The van der Waals surface area contributed by atoms with Crippen molar-refractivity contribution in [2.24, 2.45) is 5.41 Å². The number of oxazole rings is 1. The number of nitrogens with one attached hydrogen (secondary N) is 1. The molecule has 19 heavy (non-hydrogen) atoms. The number of nitrogens with zero attached hydrogens (tertiary/aromatic N) is 2. The molecule has 3 rings (SSSR count). The Labute approximate surface area is 110 Å². The quantitative estimate of drug-likeness (QED) is 0.915. The predicted molar refractivity (Wildman–Crippen MR) is 72.0 cm³/mol. The zero-order valence-corrected chi connectivity index (χ0v) is 10.8. The normalized spacial score (nSPS) is 16.8. The van der Waals surface area contributed by atoms with E-state index in [4.69, 9.17) is 4.42 Å². The Balaban J connectivity index is 1.87. The second-order valence-electron chi connectivity index (χ2n) is 5.30. The van der Waals surface area contributed by atoms with Crippen LogP contribution in [-0.4, -0.2) is 18.6 Å². The molecule has 0 saturated heterocycles. The fraction of sp³-hybridized carbons (Fsp3) is 0.429. The minimum atomic E-state index is -0.442. The number of nitriles is 1. The van der Waals surface area contributed by atoms with Crippen LogP contribution in [0.3, 0.4) is 0 Å². The summed E-state index contributed by atoms with van der Waals surface area (Å²) < 4.78 is 5.05. The van der Waals surface area contributed by atoms with Gasteiger partial charge in [0.05, 0.1) is 17.0 Å². The lowest BCUT2D eigenvalue weighted by Gasteiger charge is -2.38. The number of hydrogen-bond acceptors (Lipinski definition) is 4. The van der Waals surface area contributed by atoms with Gasteiger partial charge >= 0.3 is 5.76 Å². The van der Waals surface area contributed by atoms with Gasteiger partial charge in [-0.2, -0.15) is 5.26 Å². The first-order valence-corrected chi connectivity index (χ1v) is 6.37. The van der Waals surface area contributed by atoms with Crippen LogP contribution >= 0.6 is 0 Å². The van der Waals surface area contributed by atoms with E-state index in [2.05, 4.69) is 16.0 Å². The third kappa shape index (κ3) is 1.99. The van der Waals surface area contributed by atoms with E-state index < -0.39 is 5.76 Å². The number of aromatic nitrogens is 1. The first-order chi connectivity index (χ1) is 9.12. The van der Waals surface area contributed by atoms with Crippen molar-refractivity contribution in [1.82, 2.24) is 4.98 Å². The van der Waals surface area contributed by atoms with Crippen molar-refractivity contribution in [1.29, 1.82) is 5.26 Å². The third-order valence-corrected chi connectivity index (χ3v) is 3.93. The summed E-state index contributed by atoms with van der Waals surface area (Å²) in [6.07, 6.45) is 3.07. The molecule has 0 aliphatic heterocycles. The molecule has 0 spiro atoms. The van der Waals surface area contributed by atoms with Crippen molar-refractivity contribution < 1.29 is 4.42 Å². The number of benzene rings is 1. The summed E-state index contributed by atoms with van der Waals surface area (Å²) in [7, 11) is 1.96. The monoisotopic (exact) mass is 257 g/mol. The lowest BCUT2D eigenvalue weighted by atomic mass is 9.69. The number of anilines is 1. The molecule has 1 N–H and O–H groups in total. The zero-order chi connectivity index (χ0) is 13.5. The molecule has 98 valence electrons. The van der Waals surface area contributed by atoms with Gasteiger partial charge in [0, 0.05) is 25.3 Å². The topological polar surface area (TPSA) is 73.0 Å². The van der Waals surface area contributed by atoms with Crippen molar-refractivity contribution in [3.8, 4) is 6.07 Å². The summed E-state index contributed by atoms with van der Waals surface area (Å²) in [5.41, 5.74) is 1.99. The van der Waals surface area contributed by atoms with E-state index >= 15 is 0 Å². The van der Waals surface area contributed by atoms with Gasteiger partial charge in [-0.05, 0) is 25.0 Å². The summed E-state index contributed by atoms with van der Waals surface area (Å²) in [5.74, 6) is -0.442. The van der Waals surface area contributed by atoms with Gasteiger partial charge < -0.3 is 9.32 Å². The Morgan fingerprint density at radius 3 is 2.95 bits per heavy atom. The molecule has 1 aliphatic carbocycles. The fourth-order valence-electron chi connectivity index (χ4n) is 2.63. The minimum absolute atomic E-state index is 0.206. The average molecular weight is 257 g/mol. The first kappa shape index (κ1) is 11.8. The minimum Gasteiger partial charge on any atom is -0.408 e. The Morgan fingerprint density at radius 2 is 2.32 bits per heavy atom. The van der Waals surface area contributed by atoms with Gasteiger partial charge in [-0.25, -0.2) is 4.79 Å². The number of fused-ring (bicyclic) bond motifs is 1. The van der Waals surface area contributed by atoms with Crippen LogP contribution < -0.4 is 10.7 Å². The van der Waals surface area contributed by atoms with E-state index in [0.29, 0.717) is 17.6 Å². The van der Waals surface area contributed by atoms with Crippen molar-refractivity contribution in [3.05, 3.63) is 28.7 Å². The van der Waals surface area contributed by atoms with Gasteiger partial charge in [-0.3, -0.25) is 4.98 Å². The summed E-state index contributed by atoms with van der Waals surface area (Å²) in [5, 5.41) is 9.27. The standard InChI is InChI=1S/C14H15N3O2/c1-17(9-14(8-15)5-2-6-14)10-3-4-11-12(7-10)19-13(18)16-11/h3-4,7H,2,5-6,9H2,1H3,(H,16,18). The van der Waals surface area contributed by atoms with Crippen LogP contribution in [0.5, 0.6) is 0 Å². The second-order valence-corrected chi connectivity index (χ2v) is 5.30. The molecule has 1 fully saturated rings. The smallest absolute Gasteiger partial charge is 0.408 e. The second kappa shape index (κ2) is 4.16. The first-order valence-electron chi connectivity index (χ1n) is 6.37. The van der Waals surface area contributed by atoms with Crippen molar-refractivity contribution in [2.45, 2.75) is 19.3 Å². The average Bonchev–Trinajstić information content (AvgIpc) is 2.72. The van der Waals surface area contributed by atoms with Crippen LogP contribution in [0, 0.1) is 16.7 Å². The van der Waals surface area contributed by atoms with Crippen LogP contribution in [0.4, 0.5) is 5.69 Å². The molecule has 1 saturated carbocycles. The lowest BCUT2D eigenvalue weighted by molar-refractivity contribution is 0.223. The molecule has 2 aromatic rings. The molecule has 0 unspecified atom stereocenters. The molecule has 1 aromatic carbocycles. The Bertz CT molecular complexity index is 703. The van der Waals surface area contributed by atoms with Gasteiger partial charge in [0.2, 0.25) is 0 Å². The molecule has 1 heterocycles. The van der Waals surface area contributed by atoms with Crippen LogP contribution in [0.2, 0.25) is 0 Å². The van der Waals surface area contributed by atoms with E-state index in [0.717, 1.165) is 24.9 Å². The molecule has 5 heteroatoms. The number of rotatable bonds is 3. The van der Waals surface area contributed by atoms with E-state index in [1.54, 1.807) is 0 Å². The Morgan fingerprint density at radius 1 is 1.53 bits per heavy atom. The summed E-state index contributed by atoms with van der Waals surface area (Å²) >= 11 is 0. The molecule has 5 nitrogen and oxygen atoms in total. The molecule has 1 aliphatic rings. The van der Waals surface area contributed by atoms with Crippen molar-refractivity contribution in [3.63, 3.8) is 0 Å². The molecule has 1 aromatic heterocycles. The summed E-state index contributed by atoms with van der Waals surface area (Å²) in [4.78, 5) is 15.8. The van der Waals surface area contributed by atoms with Crippen molar-refractivity contribution in [2.75, 3.05) is 18.5 Å². The highest BCUT2D eigenvalue weighted by Crippen LogP contribution is 2.41. The molecular weight excluding hydrogens is 242 g/mol. The molecule has 0 atom stereocenters. The van der Waals surface area contributed by atoms with Crippen LogP contribution in [0.1, 0.15) is 19.3 Å². The predicted octanol–water partition coefficient (Wildman–Crippen LogP) is 2.25. The van der Waals surface area contributed by atoms with Crippen LogP contribution in [-0.2, 0) is 0 Å². The summed E-state index contributed by atoms with van der Waals surface area (Å²) in [6.45, 7) is 0.712. The van der Waals surface area contributed by atoms with E-state index in [1.165, 1.54) is 0 Å². The molecule has 0 bridgehead atoms. The van der Waals surface area contributed by atoms with Gasteiger partial charge in [0.15, 0.2) is 5.58 Å².